The first-order valence-corrected chi connectivity index (χ1v) is 7.23. The quantitative estimate of drug-likeness (QED) is 0.450. The molecule has 120 valence electrons. The number of halogens is 1. The van der Waals surface area contributed by atoms with E-state index < -0.39 is 0 Å². The van der Waals surface area contributed by atoms with Gasteiger partial charge in [-0.3, -0.25) is 4.68 Å². The minimum absolute atomic E-state index is 0. The number of nitrogens with one attached hydrogen (secondary N) is 2. The van der Waals surface area contributed by atoms with E-state index in [9.17, 15) is 0 Å². The maximum atomic E-state index is 4.62. The molecule has 0 saturated heterocycles. The zero-order valence-corrected chi connectivity index (χ0v) is 15.7. The molecule has 0 amide bonds. The summed E-state index contributed by atoms with van der Waals surface area (Å²) in [4.78, 5) is 4.62. The Morgan fingerprint density at radius 3 is 2.73 bits per heavy atom. The van der Waals surface area contributed by atoms with Crippen LogP contribution in [0.1, 0.15) is 23.7 Å². The first kappa shape index (κ1) is 18.5. The van der Waals surface area contributed by atoms with E-state index in [1.165, 1.54) is 11.1 Å². The van der Waals surface area contributed by atoms with Crippen LogP contribution < -0.4 is 10.6 Å². The van der Waals surface area contributed by atoms with E-state index in [0.717, 1.165) is 18.2 Å². The normalized spacial score (nSPS) is 11.0. The van der Waals surface area contributed by atoms with Gasteiger partial charge in [-0.15, -0.1) is 24.0 Å². The van der Waals surface area contributed by atoms with Crippen LogP contribution in [0.25, 0.3) is 0 Å². The number of aliphatic imine (C=N–C) groups is 1. The molecule has 0 saturated carbocycles. The van der Waals surface area contributed by atoms with Crippen LogP contribution >= 0.6 is 24.0 Å². The number of benzene rings is 1. The molecule has 0 aliphatic heterocycles. The Balaban J connectivity index is 0.00000242. The van der Waals surface area contributed by atoms with Crippen LogP contribution in [0.5, 0.6) is 0 Å². The number of hydrogen-bond donors (Lipinski definition) is 2. The van der Waals surface area contributed by atoms with Crippen molar-refractivity contribution in [2.75, 3.05) is 6.54 Å². The summed E-state index contributed by atoms with van der Waals surface area (Å²) in [6.45, 7) is 6.37. The monoisotopic (exact) mass is 413 g/mol. The molecule has 1 heterocycles. The molecule has 2 aromatic rings. The van der Waals surface area contributed by atoms with Crippen molar-refractivity contribution in [1.82, 2.24) is 20.4 Å². The van der Waals surface area contributed by atoms with Gasteiger partial charge in [0.15, 0.2) is 5.96 Å². The first-order valence-electron chi connectivity index (χ1n) is 7.23. The van der Waals surface area contributed by atoms with Gasteiger partial charge >= 0.3 is 0 Å². The molecule has 0 atom stereocenters. The molecular formula is C16H24IN5. The van der Waals surface area contributed by atoms with Gasteiger partial charge in [0.2, 0.25) is 0 Å². The Hall–Kier alpha value is -1.57. The van der Waals surface area contributed by atoms with E-state index in [0.29, 0.717) is 13.1 Å². The number of hydrogen-bond acceptors (Lipinski definition) is 2. The fourth-order valence-electron chi connectivity index (χ4n) is 2.07. The average Bonchev–Trinajstić information content (AvgIpc) is 2.87. The smallest absolute Gasteiger partial charge is 0.191 e. The van der Waals surface area contributed by atoms with Gasteiger partial charge < -0.3 is 10.6 Å². The molecule has 0 radical (unpaired) electrons. The second kappa shape index (κ2) is 9.45. The number of guanidine groups is 1. The van der Waals surface area contributed by atoms with Crippen LogP contribution in [-0.2, 0) is 20.1 Å². The third-order valence-corrected chi connectivity index (χ3v) is 3.21. The molecule has 0 aliphatic rings. The van der Waals surface area contributed by atoms with Gasteiger partial charge in [-0.05, 0) is 25.5 Å². The molecule has 0 spiro atoms. The molecule has 2 rings (SSSR count). The third kappa shape index (κ3) is 5.67. The molecule has 0 bridgehead atoms. The van der Waals surface area contributed by atoms with Crippen molar-refractivity contribution < 1.29 is 0 Å². The number of rotatable bonds is 5. The zero-order valence-electron chi connectivity index (χ0n) is 13.3. The zero-order chi connectivity index (χ0) is 15.1. The molecule has 22 heavy (non-hydrogen) atoms. The van der Waals surface area contributed by atoms with Crippen LogP contribution in [-0.4, -0.2) is 22.3 Å². The van der Waals surface area contributed by atoms with Crippen LogP contribution in [0.3, 0.4) is 0 Å². The summed E-state index contributed by atoms with van der Waals surface area (Å²) in [6.07, 6.45) is 1.80. The molecule has 0 fully saturated rings. The fraction of sp³-hybridized carbons (Fsp3) is 0.375. The van der Waals surface area contributed by atoms with Gasteiger partial charge in [-0.2, -0.15) is 5.10 Å². The Labute approximate surface area is 149 Å². The van der Waals surface area contributed by atoms with E-state index in [4.69, 9.17) is 0 Å². The Morgan fingerprint density at radius 2 is 2.09 bits per heavy atom. The highest BCUT2D eigenvalue weighted by molar-refractivity contribution is 14.0. The van der Waals surface area contributed by atoms with E-state index in [2.05, 4.69) is 58.8 Å². The SMILES string of the molecule is CCNC(=NCc1cccc(C)c1)NCc1ccnn1C.I. The van der Waals surface area contributed by atoms with E-state index >= 15 is 0 Å². The maximum absolute atomic E-state index is 4.62. The lowest BCUT2D eigenvalue weighted by Crippen LogP contribution is -2.37. The van der Waals surface area contributed by atoms with Gasteiger partial charge in [0, 0.05) is 19.8 Å². The molecule has 0 aliphatic carbocycles. The third-order valence-electron chi connectivity index (χ3n) is 3.21. The van der Waals surface area contributed by atoms with Crippen molar-refractivity contribution in [3.63, 3.8) is 0 Å². The van der Waals surface area contributed by atoms with Crippen LogP contribution in [0.2, 0.25) is 0 Å². The minimum Gasteiger partial charge on any atom is -0.357 e. The van der Waals surface area contributed by atoms with Crippen LogP contribution in [0.4, 0.5) is 0 Å². The molecular weight excluding hydrogens is 389 g/mol. The predicted octanol–water partition coefficient (Wildman–Crippen LogP) is 2.60. The van der Waals surface area contributed by atoms with Crippen molar-refractivity contribution in [2.45, 2.75) is 26.9 Å². The summed E-state index contributed by atoms with van der Waals surface area (Å²) < 4.78 is 1.86. The van der Waals surface area contributed by atoms with E-state index in [-0.39, 0.29) is 24.0 Å². The van der Waals surface area contributed by atoms with Crippen molar-refractivity contribution in [1.29, 1.82) is 0 Å². The number of aromatic nitrogens is 2. The standard InChI is InChI=1S/C16H23N5.HI/c1-4-17-16(19-12-15-8-9-20-21(15)3)18-11-14-7-5-6-13(2)10-14;/h5-10H,4,11-12H2,1-3H3,(H2,17,18,19);1H. The summed E-state index contributed by atoms with van der Waals surface area (Å²) in [6, 6.07) is 10.4. The van der Waals surface area contributed by atoms with Gasteiger partial charge in [0.05, 0.1) is 18.8 Å². The Bertz CT molecular complexity index is 606. The second-order valence-corrected chi connectivity index (χ2v) is 4.98. The molecule has 5 nitrogen and oxygen atoms in total. The van der Waals surface area contributed by atoms with Crippen molar-refractivity contribution >= 4 is 29.9 Å². The van der Waals surface area contributed by atoms with Crippen LogP contribution in [0.15, 0.2) is 41.5 Å². The van der Waals surface area contributed by atoms with E-state index in [1.54, 1.807) is 6.20 Å². The Kier molecular flexibility index (Phi) is 7.94. The molecule has 1 aromatic heterocycles. The van der Waals surface area contributed by atoms with Crippen molar-refractivity contribution in [2.24, 2.45) is 12.0 Å². The summed E-state index contributed by atoms with van der Waals surface area (Å²) in [7, 11) is 1.94. The first-order chi connectivity index (χ1) is 10.2. The van der Waals surface area contributed by atoms with Gasteiger partial charge in [-0.1, -0.05) is 29.8 Å². The van der Waals surface area contributed by atoms with E-state index in [1.807, 2.05) is 17.8 Å². The average molecular weight is 413 g/mol. The highest BCUT2D eigenvalue weighted by Crippen LogP contribution is 2.05. The lowest BCUT2D eigenvalue weighted by atomic mass is 10.1. The fourth-order valence-corrected chi connectivity index (χ4v) is 2.07. The van der Waals surface area contributed by atoms with Gasteiger partial charge in [0.25, 0.3) is 0 Å². The minimum atomic E-state index is 0. The lowest BCUT2D eigenvalue weighted by Gasteiger charge is -2.11. The lowest BCUT2D eigenvalue weighted by molar-refractivity contribution is 0.685. The van der Waals surface area contributed by atoms with Crippen molar-refractivity contribution in [3.8, 4) is 0 Å². The predicted molar refractivity (Wildman–Crippen MR) is 101 cm³/mol. The number of nitrogens with zero attached hydrogens (tertiary/aromatic N) is 3. The highest BCUT2D eigenvalue weighted by Gasteiger charge is 2.01. The summed E-state index contributed by atoms with van der Waals surface area (Å²) in [5.41, 5.74) is 3.60. The Morgan fingerprint density at radius 1 is 1.27 bits per heavy atom. The molecule has 2 N–H and O–H groups in total. The molecule has 1 aromatic carbocycles. The van der Waals surface area contributed by atoms with Crippen LogP contribution in [0, 0.1) is 6.92 Å². The number of aryl methyl sites for hydroxylation is 2. The van der Waals surface area contributed by atoms with Crippen molar-refractivity contribution in [3.05, 3.63) is 53.3 Å². The second-order valence-electron chi connectivity index (χ2n) is 4.98. The molecule has 0 unspecified atom stereocenters. The van der Waals surface area contributed by atoms with Gasteiger partial charge in [-0.25, -0.2) is 4.99 Å². The van der Waals surface area contributed by atoms with Gasteiger partial charge in [0.1, 0.15) is 0 Å². The summed E-state index contributed by atoms with van der Waals surface area (Å²) >= 11 is 0. The summed E-state index contributed by atoms with van der Waals surface area (Å²) in [5, 5.41) is 10.7. The largest absolute Gasteiger partial charge is 0.357 e. The topological polar surface area (TPSA) is 54.2 Å². The maximum Gasteiger partial charge on any atom is 0.191 e. The molecule has 6 heteroatoms. The highest BCUT2D eigenvalue weighted by atomic mass is 127. The summed E-state index contributed by atoms with van der Waals surface area (Å²) in [5.74, 6) is 0.820.